The lowest BCUT2D eigenvalue weighted by Gasteiger charge is -2.31. The lowest BCUT2D eigenvalue weighted by Crippen LogP contribution is -2.35. The summed E-state index contributed by atoms with van der Waals surface area (Å²) in [5.74, 6) is 0.613. The summed E-state index contributed by atoms with van der Waals surface area (Å²) in [5, 5.41) is 8.63. The highest BCUT2D eigenvalue weighted by Crippen LogP contribution is 2.39. The average Bonchev–Trinajstić information content (AvgIpc) is 3.55. The Morgan fingerprint density at radius 2 is 1.59 bits per heavy atom. The van der Waals surface area contributed by atoms with Gasteiger partial charge >= 0.3 is 5.97 Å². The van der Waals surface area contributed by atoms with Gasteiger partial charge < -0.3 is 10.8 Å². The van der Waals surface area contributed by atoms with Crippen molar-refractivity contribution in [1.82, 2.24) is 4.90 Å². The summed E-state index contributed by atoms with van der Waals surface area (Å²) in [6.45, 7) is 4.37. The van der Waals surface area contributed by atoms with E-state index < -0.39 is 5.97 Å². The van der Waals surface area contributed by atoms with Crippen LogP contribution in [0.4, 0.5) is 0 Å². The number of likely N-dealkylation sites (tertiary alicyclic amines) is 1. The third-order valence-electron chi connectivity index (χ3n) is 5.50. The first-order valence-corrected chi connectivity index (χ1v) is 9.95. The Balaban J connectivity index is 0.000000159. The zero-order valence-electron chi connectivity index (χ0n) is 15.9. The fourth-order valence-corrected chi connectivity index (χ4v) is 3.54. The number of benzene rings is 2. The number of nitrogens with zero attached hydrogens (tertiary/aromatic N) is 1. The second-order valence-corrected chi connectivity index (χ2v) is 7.64. The predicted molar refractivity (Wildman–Crippen MR) is 109 cm³/mol. The molecule has 27 heavy (non-hydrogen) atoms. The van der Waals surface area contributed by atoms with E-state index in [2.05, 4.69) is 35.2 Å². The molecular formula is C23H30N2O2. The standard InChI is InChI=1S/C13H20N2.C10H10O2/c14-10-12-6-8-15(9-7-12)11-13-4-2-1-3-5-13;11-10(12)9-5-3-8(4-6-9)7-1-2-7/h1-5,12H,6-11,14H2;3-7H,1-2H2,(H,11,12). The van der Waals surface area contributed by atoms with Crippen molar-refractivity contribution < 1.29 is 9.90 Å². The molecule has 3 N–H and O–H groups in total. The maximum absolute atomic E-state index is 10.5. The van der Waals surface area contributed by atoms with Gasteiger partial charge in [-0.15, -0.1) is 0 Å². The van der Waals surface area contributed by atoms with Crippen LogP contribution >= 0.6 is 0 Å². The molecule has 1 heterocycles. The maximum atomic E-state index is 10.5. The quantitative estimate of drug-likeness (QED) is 0.835. The van der Waals surface area contributed by atoms with Crippen LogP contribution in [0, 0.1) is 5.92 Å². The van der Waals surface area contributed by atoms with Gasteiger partial charge in [-0.1, -0.05) is 42.5 Å². The van der Waals surface area contributed by atoms with Crippen LogP contribution < -0.4 is 5.73 Å². The molecule has 0 unspecified atom stereocenters. The fraction of sp³-hybridized carbons (Fsp3) is 0.435. The number of hydrogen-bond donors (Lipinski definition) is 2. The van der Waals surface area contributed by atoms with Gasteiger partial charge in [0.25, 0.3) is 0 Å². The van der Waals surface area contributed by atoms with Crippen molar-refractivity contribution in [2.24, 2.45) is 11.7 Å². The van der Waals surface area contributed by atoms with Crippen molar-refractivity contribution in [2.75, 3.05) is 19.6 Å². The molecule has 2 aromatic carbocycles. The Hall–Kier alpha value is -2.17. The number of hydrogen-bond acceptors (Lipinski definition) is 3. The molecule has 1 aliphatic carbocycles. The number of aromatic carboxylic acids is 1. The zero-order chi connectivity index (χ0) is 19.1. The molecular weight excluding hydrogens is 336 g/mol. The molecule has 144 valence electrons. The molecule has 0 aromatic heterocycles. The summed E-state index contributed by atoms with van der Waals surface area (Å²) >= 11 is 0. The highest BCUT2D eigenvalue weighted by atomic mass is 16.4. The number of piperidine rings is 1. The van der Waals surface area contributed by atoms with Gasteiger partial charge in [0.1, 0.15) is 0 Å². The molecule has 4 heteroatoms. The summed E-state index contributed by atoms with van der Waals surface area (Å²) < 4.78 is 0. The smallest absolute Gasteiger partial charge is 0.335 e. The number of carbonyl (C=O) groups is 1. The molecule has 0 bridgehead atoms. The van der Waals surface area contributed by atoms with Crippen molar-refractivity contribution in [1.29, 1.82) is 0 Å². The number of carboxylic acid groups (broad SMARTS) is 1. The van der Waals surface area contributed by atoms with Gasteiger partial charge in [-0.05, 0) is 80.4 Å². The summed E-state index contributed by atoms with van der Waals surface area (Å²) in [5.41, 5.74) is 8.76. The Bertz CT molecular complexity index is 703. The summed E-state index contributed by atoms with van der Waals surface area (Å²) in [6.07, 6.45) is 5.05. The number of nitrogens with two attached hydrogens (primary N) is 1. The van der Waals surface area contributed by atoms with Crippen LogP contribution in [0.1, 0.15) is 53.1 Å². The molecule has 4 rings (SSSR count). The minimum atomic E-state index is -0.850. The SMILES string of the molecule is NCC1CCN(Cc2ccccc2)CC1.O=C(O)c1ccc(C2CC2)cc1. The maximum Gasteiger partial charge on any atom is 0.335 e. The first-order valence-electron chi connectivity index (χ1n) is 9.95. The zero-order valence-corrected chi connectivity index (χ0v) is 15.9. The highest BCUT2D eigenvalue weighted by molar-refractivity contribution is 5.87. The third-order valence-corrected chi connectivity index (χ3v) is 5.50. The van der Waals surface area contributed by atoms with Crippen molar-refractivity contribution in [2.45, 2.75) is 38.1 Å². The number of carboxylic acids is 1. The lowest BCUT2D eigenvalue weighted by molar-refractivity contribution is 0.0697. The summed E-state index contributed by atoms with van der Waals surface area (Å²) in [7, 11) is 0. The highest BCUT2D eigenvalue weighted by Gasteiger charge is 2.23. The molecule has 1 saturated carbocycles. The minimum Gasteiger partial charge on any atom is -0.478 e. The van der Waals surface area contributed by atoms with E-state index >= 15 is 0 Å². The average molecular weight is 367 g/mol. The topological polar surface area (TPSA) is 66.6 Å². The van der Waals surface area contributed by atoms with Crippen molar-refractivity contribution in [3.05, 3.63) is 71.3 Å². The summed E-state index contributed by atoms with van der Waals surface area (Å²) in [6, 6.07) is 17.9. The molecule has 0 radical (unpaired) electrons. The van der Waals surface area contributed by atoms with E-state index in [9.17, 15) is 4.79 Å². The largest absolute Gasteiger partial charge is 0.478 e. The molecule has 0 amide bonds. The normalized spacial score (nSPS) is 17.8. The van der Waals surface area contributed by atoms with E-state index in [-0.39, 0.29) is 0 Å². The second kappa shape index (κ2) is 9.67. The molecule has 2 aromatic rings. The Labute approximate surface area is 162 Å². The molecule has 0 atom stereocenters. The van der Waals surface area contributed by atoms with Crippen LogP contribution in [0.3, 0.4) is 0 Å². The van der Waals surface area contributed by atoms with Crippen LogP contribution in [0.2, 0.25) is 0 Å². The van der Waals surface area contributed by atoms with E-state index in [1.54, 1.807) is 12.1 Å². The first-order chi connectivity index (χ1) is 13.2. The van der Waals surface area contributed by atoms with Crippen LogP contribution in [0.25, 0.3) is 0 Å². The van der Waals surface area contributed by atoms with Gasteiger partial charge in [-0.25, -0.2) is 4.79 Å². The monoisotopic (exact) mass is 366 g/mol. The van der Waals surface area contributed by atoms with Crippen LogP contribution in [0.15, 0.2) is 54.6 Å². The molecule has 2 aliphatic rings. The third kappa shape index (κ3) is 6.19. The van der Waals surface area contributed by atoms with Gasteiger partial charge in [0.2, 0.25) is 0 Å². The molecule has 0 spiro atoms. The van der Waals surface area contributed by atoms with E-state index in [1.807, 2.05) is 12.1 Å². The second-order valence-electron chi connectivity index (χ2n) is 7.64. The Kier molecular flexibility index (Phi) is 7.02. The van der Waals surface area contributed by atoms with Crippen molar-refractivity contribution in [3.63, 3.8) is 0 Å². The van der Waals surface area contributed by atoms with Crippen LogP contribution in [-0.4, -0.2) is 35.6 Å². The summed E-state index contributed by atoms with van der Waals surface area (Å²) in [4.78, 5) is 13.0. The molecule has 4 nitrogen and oxygen atoms in total. The molecule has 1 saturated heterocycles. The minimum absolute atomic E-state index is 0.374. The van der Waals surface area contributed by atoms with Gasteiger partial charge in [-0.3, -0.25) is 4.90 Å². The lowest BCUT2D eigenvalue weighted by atomic mass is 9.97. The van der Waals surface area contributed by atoms with Crippen molar-refractivity contribution in [3.8, 4) is 0 Å². The van der Waals surface area contributed by atoms with Crippen LogP contribution in [-0.2, 0) is 6.54 Å². The Morgan fingerprint density at radius 3 is 2.11 bits per heavy atom. The van der Waals surface area contributed by atoms with Gasteiger partial charge in [0, 0.05) is 6.54 Å². The van der Waals surface area contributed by atoms with Crippen molar-refractivity contribution >= 4 is 5.97 Å². The predicted octanol–water partition coefficient (Wildman–Crippen LogP) is 4.12. The van der Waals surface area contributed by atoms with E-state index in [1.165, 1.54) is 49.9 Å². The van der Waals surface area contributed by atoms with Crippen LogP contribution in [0.5, 0.6) is 0 Å². The fourth-order valence-electron chi connectivity index (χ4n) is 3.54. The van der Waals surface area contributed by atoms with E-state index in [4.69, 9.17) is 10.8 Å². The van der Waals surface area contributed by atoms with Gasteiger partial charge in [-0.2, -0.15) is 0 Å². The van der Waals surface area contributed by atoms with E-state index in [0.29, 0.717) is 11.5 Å². The first kappa shape index (κ1) is 19.6. The van der Waals surface area contributed by atoms with Gasteiger partial charge in [0.15, 0.2) is 0 Å². The number of rotatable bonds is 5. The van der Waals surface area contributed by atoms with E-state index in [0.717, 1.165) is 19.0 Å². The molecule has 1 aliphatic heterocycles. The Morgan fingerprint density at radius 1 is 0.963 bits per heavy atom. The van der Waals surface area contributed by atoms with Gasteiger partial charge in [0.05, 0.1) is 5.56 Å². The molecule has 2 fully saturated rings.